The van der Waals surface area contributed by atoms with Crippen LogP contribution in [-0.2, 0) is 16.6 Å². The molecule has 1 aromatic carbocycles. The van der Waals surface area contributed by atoms with Crippen LogP contribution in [0.5, 0.6) is 11.5 Å². The van der Waals surface area contributed by atoms with Gasteiger partial charge in [0.1, 0.15) is 11.6 Å². The lowest BCUT2D eigenvalue weighted by Crippen LogP contribution is -2.80. The van der Waals surface area contributed by atoms with Crippen molar-refractivity contribution in [3.8, 4) is 11.5 Å². The number of carbonyl (C=O) groups is 1. The van der Waals surface area contributed by atoms with Gasteiger partial charge >= 0.3 is 0 Å². The normalized spacial score (nSPS) is 43.4. The first kappa shape index (κ1) is 15.4. The lowest BCUT2D eigenvalue weighted by molar-refractivity contribution is -0.944. The van der Waals surface area contributed by atoms with Gasteiger partial charge < -0.3 is 19.4 Å². The van der Waals surface area contributed by atoms with Crippen LogP contribution in [0.25, 0.3) is 0 Å². The van der Waals surface area contributed by atoms with Crippen LogP contribution in [0, 0.1) is 0 Å². The van der Waals surface area contributed by atoms with E-state index in [0.29, 0.717) is 25.0 Å². The molecule has 5 rings (SSSR count). The lowest BCUT2D eigenvalue weighted by atomic mass is 9.48. The molecule has 1 spiro atoms. The van der Waals surface area contributed by atoms with E-state index in [1.807, 2.05) is 12.1 Å². The molecule has 0 radical (unpaired) electrons. The quantitative estimate of drug-likeness (QED) is 0.631. The molecule has 0 aromatic heterocycles. The minimum Gasteiger partial charge on any atom is -0.504 e. The molecule has 4 aliphatic rings. The average Bonchev–Trinajstić information content (AvgIpc) is 2.93. The molecule has 25 heavy (non-hydrogen) atoms. The van der Waals surface area contributed by atoms with Crippen molar-refractivity contribution >= 4 is 5.78 Å². The van der Waals surface area contributed by atoms with Crippen molar-refractivity contribution < 1.29 is 24.2 Å². The number of phenols is 1. The van der Waals surface area contributed by atoms with Gasteiger partial charge in [0.05, 0.1) is 25.6 Å². The highest BCUT2D eigenvalue weighted by atomic mass is 16.5. The molecule has 2 heterocycles. The summed E-state index contributed by atoms with van der Waals surface area (Å²) >= 11 is 0. The number of ether oxygens (including phenoxy) is 1. The number of hydrogen-bond acceptors (Lipinski definition) is 4. The Hall–Kier alpha value is -1.85. The second kappa shape index (κ2) is 4.46. The fourth-order valence-electron chi connectivity index (χ4n) is 6.34. The fourth-order valence-corrected chi connectivity index (χ4v) is 6.34. The SMILES string of the molecule is C=CC[N+]1(C)CC[C@]23c4c5ccc(O)c4OC2C(=O)CC[C@@]3(O)C1C5. The number of Topliss-reactive ketones (excluding diaryl/α,β-unsaturated/α-hetero) is 1. The summed E-state index contributed by atoms with van der Waals surface area (Å²) in [5, 5.41) is 22.3. The second-order valence-corrected chi connectivity index (χ2v) is 8.45. The van der Waals surface area contributed by atoms with Crippen LogP contribution in [0.2, 0.25) is 0 Å². The number of aliphatic hydroxyl groups is 1. The first-order valence-electron chi connectivity index (χ1n) is 9.09. The van der Waals surface area contributed by atoms with Crippen molar-refractivity contribution in [3.05, 3.63) is 35.9 Å². The topological polar surface area (TPSA) is 66.8 Å². The molecule has 2 N–H and O–H groups in total. The van der Waals surface area contributed by atoms with E-state index in [0.717, 1.165) is 35.1 Å². The number of ketones is 1. The molecule has 1 saturated heterocycles. The Bertz CT molecular complexity index is 820. The largest absolute Gasteiger partial charge is 0.504 e. The molecule has 5 nitrogen and oxygen atoms in total. The summed E-state index contributed by atoms with van der Waals surface area (Å²) in [5.74, 6) is 0.547. The highest BCUT2D eigenvalue weighted by Gasteiger charge is 2.76. The third kappa shape index (κ3) is 1.51. The molecular formula is C20H24NO4+. The molecule has 5 heteroatoms. The summed E-state index contributed by atoms with van der Waals surface area (Å²) in [4.78, 5) is 12.7. The molecule has 2 aliphatic heterocycles. The van der Waals surface area contributed by atoms with Gasteiger partial charge in [-0.2, -0.15) is 0 Å². The van der Waals surface area contributed by atoms with Crippen LogP contribution in [0.1, 0.15) is 30.4 Å². The number of phenolic OH excluding ortho intramolecular Hbond substituents is 1. The van der Waals surface area contributed by atoms with Crippen molar-refractivity contribution in [2.75, 3.05) is 20.1 Å². The molecule has 2 bridgehead atoms. The molecule has 0 amide bonds. The minimum atomic E-state index is -0.992. The van der Waals surface area contributed by atoms with E-state index in [2.05, 4.69) is 13.6 Å². The van der Waals surface area contributed by atoms with Gasteiger partial charge in [-0.3, -0.25) is 4.79 Å². The Balaban J connectivity index is 1.82. The molecule has 1 aromatic rings. The van der Waals surface area contributed by atoms with Crippen LogP contribution in [0.15, 0.2) is 24.8 Å². The monoisotopic (exact) mass is 342 g/mol. The zero-order valence-electron chi connectivity index (χ0n) is 14.5. The van der Waals surface area contributed by atoms with Crippen LogP contribution in [0.4, 0.5) is 0 Å². The van der Waals surface area contributed by atoms with Gasteiger partial charge in [-0.05, 0) is 24.1 Å². The zero-order valence-corrected chi connectivity index (χ0v) is 14.5. The third-order valence-corrected chi connectivity index (χ3v) is 7.45. The Kier molecular flexibility index (Phi) is 2.75. The zero-order chi connectivity index (χ0) is 17.6. The fraction of sp³-hybridized carbons (Fsp3) is 0.550. The highest BCUT2D eigenvalue weighted by molar-refractivity contribution is 5.90. The van der Waals surface area contributed by atoms with E-state index in [4.69, 9.17) is 4.74 Å². The average molecular weight is 342 g/mol. The third-order valence-electron chi connectivity index (χ3n) is 7.45. The number of hydrogen-bond donors (Lipinski definition) is 2. The van der Waals surface area contributed by atoms with Gasteiger partial charge in [-0.15, -0.1) is 0 Å². The number of likely N-dealkylation sites (tertiary alicyclic amines) is 1. The predicted molar refractivity (Wildman–Crippen MR) is 91.6 cm³/mol. The van der Waals surface area contributed by atoms with E-state index in [-0.39, 0.29) is 17.6 Å². The number of aromatic hydroxyl groups is 1. The van der Waals surface area contributed by atoms with Crippen molar-refractivity contribution in [2.24, 2.45) is 0 Å². The second-order valence-electron chi connectivity index (χ2n) is 8.45. The van der Waals surface area contributed by atoms with E-state index in [1.165, 1.54) is 0 Å². The maximum Gasteiger partial charge on any atom is 0.174 e. The smallest absolute Gasteiger partial charge is 0.174 e. The van der Waals surface area contributed by atoms with Crippen molar-refractivity contribution in [2.45, 2.75) is 48.8 Å². The number of piperidine rings is 1. The van der Waals surface area contributed by atoms with Crippen LogP contribution >= 0.6 is 0 Å². The molecule has 2 fully saturated rings. The Morgan fingerprint density at radius 2 is 2.24 bits per heavy atom. The maximum absolute atomic E-state index is 12.7. The van der Waals surface area contributed by atoms with Gasteiger partial charge in [0, 0.05) is 24.8 Å². The summed E-state index contributed by atoms with van der Waals surface area (Å²) in [5.41, 5.74) is 0.295. The van der Waals surface area contributed by atoms with Crippen molar-refractivity contribution in [1.82, 2.24) is 0 Å². The van der Waals surface area contributed by atoms with Crippen LogP contribution in [0.3, 0.4) is 0 Å². The molecular weight excluding hydrogens is 318 g/mol. The van der Waals surface area contributed by atoms with Crippen molar-refractivity contribution in [1.29, 1.82) is 0 Å². The van der Waals surface area contributed by atoms with Gasteiger partial charge in [0.15, 0.2) is 23.4 Å². The number of likely N-dealkylation sites (N-methyl/N-ethyl adjacent to an activating group) is 1. The Morgan fingerprint density at radius 1 is 1.44 bits per heavy atom. The number of rotatable bonds is 2. The van der Waals surface area contributed by atoms with Gasteiger partial charge in [0.2, 0.25) is 0 Å². The summed E-state index contributed by atoms with van der Waals surface area (Å²) in [6.07, 6.45) is 3.47. The number of benzene rings is 1. The van der Waals surface area contributed by atoms with E-state index < -0.39 is 17.1 Å². The first-order chi connectivity index (χ1) is 11.9. The summed E-state index contributed by atoms with van der Waals surface area (Å²) in [6, 6.07) is 3.60. The highest BCUT2D eigenvalue weighted by Crippen LogP contribution is 2.65. The van der Waals surface area contributed by atoms with Crippen molar-refractivity contribution in [3.63, 3.8) is 0 Å². The van der Waals surface area contributed by atoms with Gasteiger partial charge in [-0.25, -0.2) is 0 Å². The Morgan fingerprint density at radius 3 is 3.00 bits per heavy atom. The van der Waals surface area contributed by atoms with Crippen LogP contribution in [-0.4, -0.2) is 58.4 Å². The van der Waals surface area contributed by atoms with E-state index in [1.54, 1.807) is 6.07 Å². The molecule has 1 saturated carbocycles. The van der Waals surface area contributed by atoms with E-state index in [9.17, 15) is 15.0 Å². The van der Waals surface area contributed by atoms with E-state index >= 15 is 0 Å². The molecule has 3 unspecified atom stereocenters. The summed E-state index contributed by atoms with van der Waals surface area (Å²) < 4.78 is 6.76. The lowest BCUT2D eigenvalue weighted by Gasteiger charge is -2.64. The number of nitrogens with zero attached hydrogens (tertiary/aromatic N) is 1. The standard InChI is InChI=1S/C20H23NO4/c1-3-9-21(2)10-8-19-16-12-4-5-13(22)17(16)25-18(19)14(23)6-7-20(19,24)15(21)11-12/h3-5,15,18,24H,1,6-11H2,2H3/p+1/t15?,18?,19-,20+,21?/m0/s1. The first-order valence-corrected chi connectivity index (χ1v) is 9.09. The molecule has 132 valence electrons. The van der Waals surface area contributed by atoms with Crippen LogP contribution < -0.4 is 4.74 Å². The number of carbonyl (C=O) groups excluding carboxylic acids is 1. The summed E-state index contributed by atoms with van der Waals surface area (Å²) in [7, 11) is 2.19. The van der Waals surface area contributed by atoms with Gasteiger partial charge in [0.25, 0.3) is 0 Å². The summed E-state index contributed by atoms with van der Waals surface area (Å²) in [6.45, 7) is 5.57. The minimum absolute atomic E-state index is 0.00134. The molecule has 5 atom stereocenters. The maximum atomic E-state index is 12.7. The van der Waals surface area contributed by atoms with Gasteiger partial charge in [-0.1, -0.05) is 12.6 Å². The number of quaternary nitrogens is 1. The molecule has 2 aliphatic carbocycles. The predicted octanol–water partition coefficient (Wildman–Crippen LogP) is 1.45. The Labute approximate surface area is 147 Å².